The average molecular weight is 1090 g/mol. The van der Waals surface area contributed by atoms with Crippen LogP contribution in [0.15, 0.2) is 78.4 Å². The first-order valence-corrected chi connectivity index (χ1v) is 28.3. The van der Waals surface area contributed by atoms with Crippen LogP contribution >= 0.6 is 11.3 Å². The number of benzene rings is 2. The largest absolute Gasteiger partial charge is 0.507 e. The number of amides is 3. The predicted octanol–water partition coefficient (Wildman–Crippen LogP) is 4.18. The van der Waals surface area contributed by atoms with Crippen molar-refractivity contribution >= 4 is 46.3 Å². The lowest BCUT2D eigenvalue weighted by atomic mass is 9.85. The number of hydrogen-bond acceptors (Lipinski definition) is 18. The summed E-state index contributed by atoms with van der Waals surface area (Å²) in [6.07, 6.45) is 3.27. The van der Waals surface area contributed by atoms with Crippen LogP contribution < -0.4 is 30.9 Å². The van der Waals surface area contributed by atoms with Gasteiger partial charge in [0.15, 0.2) is 5.82 Å². The second-order valence-corrected chi connectivity index (χ2v) is 23.5. The number of carbonyl (C=O) groups excluding carboxylic acids is 3. The number of aliphatic hydroxyl groups excluding tert-OH is 1. The molecule has 6 atom stereocenters. The van der Waals surface area contributed by atoms with Crippen LogP contribution in [0, 0.1) is 12.3 Å². The van der Waals surface area contributed by atoms with Crippen LogP contribution in [0.1, 0.15) is 64.3 Å². The van der Waals surface area contributed by atoms with Crippen molar-refractivity contribution in [3.63, 3.8) is 0 Å². The molecule has 5 aliphatic heterocycles. The second-order valence-electron chi connectivity index (χ2n) is 22.7. The summed E-state index contributed by atoms with van der Waals surface area (Å²) in [5.41, 5.74) is 13.7. The first-order valence-electron chi connectivity index (χ1n) is 27.5. The number of aromatic hydroxyl groups is 1. The van der Waals surface area contributed by atoms with Crippen LogP contribution in [0.2, 0.25) is 0 Å². The molecular weight excluding hydrogens is 1010 g/mol. The monoisotopic (exact) mass is 1090 g/mol. The second kappa shape index (κ2) is 23.9. The van der Waals surface area contributed by atoms with Gasteiger partial charge in [0.1, 0.15) is 24.4 Å². The maximum Gasteiger partial charge on any atom is 0.246 e. The van der Waals surface area contributed by atoms with Crippen LogP contribution in [0.4, 0.5) is 17.2 Å². The molecule has 3 amide bonds. The molecule has 2 bridgehead atoms. The molecule has 3 aromatic heterocycles. The Balaban J connectivity index is 0.611. The quantitative estimate of drug-likeness (QED) is 0.0781. The Hall–Kier alpha value is -6.49. The standard InChI is InChI=1S/C57H75N13O7S/c1-36(38-10-12-39(13-11-38)52-37(2)60-35-78-52)61-55(74)48-27-43(71)31-69(48)56(75)53(57(3,4)5)62-50(73)34-67-32-44(33-67)76-24-22-65-18-20-66(21-19-65)23-25-77-51-26-40(16-17-59-51)70-41-14-15-42(70)30-68(29-41)47-28-46(63-64-54(47)58)45-8-6-7-9-49(45)72/h6-13,16-17,26,28,35-36,41-44,48,53,71-72H,14-15,18-25,27,29-34H2,1-5H3,(H2,58,64)(H,61,74)(H,62,73)/t36-,41?,42?,43+,48-,53+/m0/s1. The number of β-amino-alcohol motifs (C(OH)–C–C–N with tert-alkyl or cyclic N) is 1. The number of hydrogen-bond donors (Lipinski definition) is 5. The number of nitrogens with zero attached hydrogens (tertiary/aromatic N) is 10. The molecule has 5 aromatic rings. The summed E-state index contributed by atoms with van der Waals surface area (Å²) < 4.78 is 12.5. The first-order chi connectivity index (χ1) is 37.5. The minimum Gasteiger partial charge on any atom is -0.507 e. The van der Waals surface area contributed by atoms with Crippen molar-refractivity contribution in [1.29, 1.82) is 0 Å². The number of nitrogens with two attached hydrogens (primary N) is 1. The van der Waals surface area contributed by atoms with Gasteiger partial charge in [-0.1, -0.05) is 57.2 Å². The number of likely N-dealkylation sites (tertiary alicyclic amines) is 2. The number of nitrogen functional groups attached to an aromatic ring is 1. The summed E-state index contributed by atoms with van der Waals surface area (Å²) in [6, 6.07) is 19.7. The van der Waals surface area contributed by atoms with Crippen LogP contribution in [0.5, 0.6) is 11.6 Å². The van der Waals surface area contributed by atoms with E-state index >= 15 is 0 Å². The molecule has 6 N–H and O–H groups in total. The van der Waals surface area contributed by atoms with Crippen molar-refractivity contribution in [1.82, 2.24) is 50.4 Å². The van der Waals surface area contributed by atoms with Gasteiger partial charge in [-0.2, -0.15) is 0 Å². The van der Waals surface area contributed by atoms with Crippen LogP contribution in [-0.4, -0.2) is 196 Å². The first kappa shape index (κ1) is 54.8. The van der Waals surface area contributed by atoms with Crippen LogP contribution in [0.3, 0.4) is 0 Å². The summed E-state index contributed by atoms with van der Waals surface area (Å²) in [5, 5.41) is 35.8. The summed E-state index contributed by atoms with van der Waals surface area (Å²) in [7, 11) is 0. The van der Waals surface area contributed by atoms with E-state index in [4.69, 9.17) is 15.2 Å². The number of phenolic OH excluding ortho intramolecular Hbond substituents is 1. The third-order valence-electron chi connectivity index (χ3n) is 16.1. The minimum absolute atomic E-state index is 0.0130. The number of carbonyl (C=O) groups is 3. The maximum absolute atomic E-state index is 14.2. The SMILES string of the molecule is Cc1ncsc1-c1ccc([C@H](C)NC(=O)[C@@H]2C[C@@H](O)CN2C(=O)[C@@H](NC(=O)CN2CC(OCCN3CCN(CCOc4cc(N5C6CCC5CN(c5cc(-c7ccccc7O)nnc5N)C6)ccn4)CC3)C2)C(C)(C)C)cc1. The number of aryl methyl sites for hydroxylation is 1. The van der Waals surface area contributed by atoms with Crippen molar-refractivity contribution in [3.05, 3.63) is 89.7 Å². The molecule has 2 unspecified atom stereocenters. The molecule has 20 nitrogen and oxygen atoms in total. The van der Waals surface area contributed by atoms with E-state index < -0.39 is 23.6 Å². The zero-order valence-corrected chi connectivity index (χ0v) is 46.3. The number of aliphatic hydroxyl groups is 1. The molecular formula is C57H75N13O7S. The van der Waals surface area contributed by atoms with Crippen molar-refractivity contribution in [2.45, 2.75) is 96.3 Å². The fourth-order valence-corrected chi connectivity index (χ4v) is 12.5. The highest BCUT2D eigenvalue weighted by Crippen LogP contribution is 2.40. The molecule has 10 rings (SSSR count). The van der Waals surface area contributed by atoms with Gasteiger partial charge in [-0.15, -0.1) is 21.5 Å². The lowest BCUT2D eigenvalue weighted by Crippen LogP contribution is -2.60. The number of phenols is 1. The zero-order chi connectivity index (χ0) is 54.7. The normalized spacial score (nSPS) is 22.1. The van der Waals surface area contributed by atoms with E-state index in [2.05, 4.69) is 62.5 Å². The van der Waals surface area contributed by atoms with Crippen LogP contribution in [-0.2, 0) is 19.1 Å². The van der Waals surface area contributed by atoms with E-state index in [-0.39, 0.29) is 67.2 Å². The Morgan fingerprint density at radius 2 is 1.56 bits per heavy atom. The van der Waals surface area contributed by atoms with E-state index in [1.54, 1.807) is 23.5 Å². The number of rotatable bonds is 19. The van der Waals surface area contributed by atoms with Gasteiger partial charge in [-0.25, -0.2) is 9.97 Å². The number of para-hydroxylation sites is 1. The van der Waals surface area contributed by atoms with Crippen molar-refractivity contribution in [2.24, 2.45) is 5.41 Å². The Morgan fingerprint density at radius 3 is 2.24 bits per heavy atom. The summed E-state index contributed by atoms with van der Waals surface area (Å²) >= 11 is 1.58. The number of ether oxygens (including phenoxy) is 2. The highest BCUT2D eigenvalue weighted by atomic mass is 32.1. The molecule has 0 radical (unpaired) electrons. The molecule has 78 heavy (non-hydrogen) atoms. The van der Waals surface area contributed by atoms with Gasteiger partial charge in [0, 0.05) is 114 Å². The van der Waals surface area contributed by atoms with E-state index in [1.807, 2.05) is 93.7 Å². The Bertz CT molecular complexity index is 2880. The fourth-order valence-electron chi connectivity index (χ4n) is 11.7. The van der Waals surface area contributed by atoms with Crippen molar-refractivity contribution < 1.29 is 34.1 Å². The Morgan fingerprint density at radius 1 is 0.859 bits per heavy atom. The number of aromatic nitrogens is 4. The highest BCUT2D eigenvalue weighted by molar-refractivity contribution is 7.13. The number of pyridine rings is 1. The number of piperazine rings is 2. The smallest absolute Gasteiger partial charge is 0.246 e. The molecule has 0 spiro atoms. The van der Waals surface area contributed by atoms with Gasteiger partial charge in [0.25, 0.3) is 0 Å². The molecule has 2 aromatic carbocycles. The molecule has 0 aliphatic carbocycles. The van der Waals surface area contributed by atoms with E-state index in [0.717, 1.165) is 98.3 Å². The number of nitrogens with one attached hydrogen (secondary N) is 2. The maximum atomic E-state index is 14.2. The number of anilines is 3. The predicted molar refractivity (Wildman–Crippen MR) is 300 cm³/mol. The summed E-state index contributed by atoms with van der Waals surface area (Å²) in [6.45, 7) is 19.1. The number of fused-ring (bicyclic) bond motifs is 2. The highest BCUT2D eigenvalue weighted by Gasteiger charge is 2.45. The van der Waals surface area contributed by atoms with Crippen molar-refractivity contribution in [3.8, 4) is 33.3 Å². The van der Waals surface area contributed by atoms with Gasteiger partial charge >= 0.3 is 0 Å². The van der Waals surface area contributed by atoms with Crippen LogP contribution in [0.25, 0.3) is 21.7 Å². The average Bonchev–Trinajstić information content (AvgIpc) is 4.29. The lowest BCUT2D eigenvalue weighted by Gasteiger charge is -2.43. The molecule has 5 saturated heterocycles. The van der Waals surface area contributed by atoms with Gasteiger partial charge in [0.05, 0.1) is 58.9 Å². The van der Waals surface area contributed by atoms with E-state index in [9.17, 15) is 24.6 Å². The van der Waals surface area contributed by atoms with E-state index in [0.29, 0.717) is 49.3 Å². The molecule has 416 valence electrons. The van der Waals surface area contributed by atoms with Gasteiger partial charge in [-0.05, 0) is 67.5 Å². The van der Waals surface area contributed by atoms with Crippen molar-refractivity contribution in [2.75, 3.05) is 107 Å². The Labute approximate surface area is 460 Å². The third kappa shape index (κ3) is 12.7. The van der Waals surface area contributed by atoms with Gasteiger partial charge in [0.2, 0.25) is 23.6 Å². The summed E-state index contributed by atoms with van der Waals surface area (Å²) in [4.78, 5) is 64.6. The Kier molecular flexibility index (Phi) is 16.8. The minimum atomic E-state index is -0.900. The lowest BCUT2D eigenvalue weighted by molar-refractivity contribution is -0.144. The molecule has 21 heteroatoms. The zero-order valence-electron chi connectivity index (χ0n) is 45.5. The molecule has 8 heterocycles. The van der Waals surface area contributed by atoms with Gasteiger partial charge in [-0.3, -0.25) is 29.1 Å². The van der Waals surface area contributed by atoms with Gasteiger partial charge < -0.3 is 50.8 Å². The molecule has 5 aliphatic rings. The third-order valence-corrected chi connectivity index (χ3v) is 17.0. The number of thiazole rings is 1. The summed E-state index contributed by atoms with van der Waals surface area (Å²) in [5.74, 6) is 0.170. The molecule has 5 fully saturated rings. The fraction of sp³-hybridized carbons (Fsp3) is 0.526. The van der Waals surface area contributed by atoms with E-state index in [1.165, 1.54) is 4.90 Å². The topological polar surface area (TPSA) is 231 Å². The molecule has 0 saturated carbocycles.